The molecule has 0 radical (unpaired) electrons. The Morgan fingerprint density at radius 3 is 2.62 bits per heavy atom. The summed E-state index contributed by atoms with van der Waals surface area (Å²) < 4.78 is 2.23. The van der Waals surface area contributed by atoms with E-state index < -0.39 is 0 Å². The van der Waals surface area contributed by atoms with E-state index in [9.17, 15) is 4.79 Å². The highest BCUT2D eigenvalue weighted by molar-refractivity contribution is 8.00. The van der Waals surface area contributed by atoms with Crippen molar-refractivity contribution >= 4 is 17.7 Å². The van der Waals surface area contributed by atoms with Crippen LogP contribution in [0.1, 0.15) is 64.7 Å². The summed E-state index contributed by atoms with van der Waals surface area (Å²) >= 11 is 1.53. The Labute approximate surface area is 149 Å². The number of rotatable bonds is 10. The van der Waals surface area contributed by atoms with Crippen LogP contribution in [0, 0.1) is 0 Å². The van der Waals surface area contributed by atoms with Crippen molar-refractivity contribution in [2.45, 2.75) is 81.9 Å². The first kappa shape index (κ1) is 19.2. The molecule has 2 rings (SSSR count). The predicted octanol–water partition coefficient (Wildman–Crippen LogP) is 1.43. The zero-order valence-electron chi connectivity index (χ0n) is 15.6. The van der Waals surface area contributed by atoms with Crippen LogP contribution in [-0.2, 0) is 11.3 Å². The van der Waals surface area contributed by atoms with Crippen LogP contribution < -0.4 is 10.2 Å². The quantitative estimate of drug-likeness (QED) is 0.624. The van der Waals surface area contributed by atoms with Crippen LogP contribution in [0.5, 0.6) is 0 Å². The molecule has 24 heavy (non-hydrogen) atoms. The molecule has 1 aliphatic rings. The fraction of sp³-hybridized carbons (Fsp3) is 0.824. The minimum Gasteiger partial charge on any atom is -0.352 e. The summed E-state index contributed by atoms with van der Waals surface area (Å²) in [7, 11) is 4.32. The highest BCUT2D eigenvalue weighted by Gasteiger charge is 2.29. The molecule has 136 valence electrons. The lowest BCUT2D eigenvalue weighted by molar-refractivity contribution is -0.893. The third-order valence-electron chi connectivity index (χ3n) is 4.47. The van der Waals surface area contributed by atoms with Gasteiger partial charge in [0, 0.05) is 19.0 Å². The van der Waals surface area contributed by atoms with E-state index in [-0.39, 0.29) is 11.2 Å². The van der Waals surface area contributed by atoms with Gasteiger partial charge in [-0.1, -0.05) is 32.0 Å². The first-order valence-electron chi connectivity index (χ1n) is 9.18. The monoisotopic (exact) mass is 354 g/mol. The topological polar surface area (TPSA) is 64.2 Å². The summed E-state index contributed by atoms with van der Waals surface area (Å²) in [5.41, 5.74) is 0. The molecule has 6 nitrogen and oxygen atoms in total. The van der Waals surface area contributed by atoms with Crippen LogP contribution in [0.2, 0.25) is 0 Å². The van der Waals surface area contributed by atoms with E-state index in [0.29, 0.717) is 12.1 Å². The molecule has 0 aliphatic heterocycles. The molecule has 1 fully saturated rings. The molecule has 0 spiro atoms. The number of amides is 1. The van der Waals surface area contributed by atoms with Crippen LogP contribution in [-0.4, -0.2) is 46.1 Å². The lowest BCUT2D eigenvalue weighted by atomic mass is 10.2. The van der Waals surface area contributed by atoms with Gasteiger partial charge in [-0.2, -0.15) is 0 Å². The maximum atomic E-state index is 12.2. The van der Waals surface area contributed by atoms with Crippen LogP contribution >= 0.6 is 11.8 Å². The summed E-state index contributed by atoms with van der Waals surface area (Å²) in [5, 5.41) is 12.7. The summed E-state index contributed by atoms with van der Waals surface area (Å²) in [6.45, 7) is 7.25. The van der Waals surface area contributed by atoms with Gasteiger partial charge in [-0.3, -0.25) is 4.79 Å². The van der Waals surface area contributed by atoms with Gasteiger partial charge in [0.05, 0.1) is 19.3 Å². The second-order valence-corrected chi connectivity index (χ2v) is 8.24. The molecule has 2 N–H and O–H groups in total. The maximum Gasteiger partial charge on any atom is 0.233 e. The van der Waals surface area contributed by atoms with Crippen molar-refractivity contribution in [2.75, 3.05) is 14.1 Å². The summed E-state index contributed by atoms with van der Waals surface area (Å²) in [4.78, 5) is 13.6. The van der Waals surface area contributed by atoms with Crippen LogP contribution in [0.4, 0.5) is 0 Å². The smallest absolute Gasteiger partial charge is 0.233 e. The summed E-state index contributed by atoms with van der Waals surface area (Å²) in [6.07, 6.45) is 5.48. The van der Waals surface area contributed by atoms with Crippen molar-refractivity contribution in [2.24, 2.45) is 0 Å². The Bertz CT molecular complexity index is 541. The van der Waals surface area contributed by atoms with E-state index >= 15 is 0 Å². The zero-order valence-corrected chi connectivity index (χ0v) is 16.4. The van der Waals surface area contributed by atoms with Crippen molar-refractivity contribution in [1.29, 1.82) is 0 Å². The standard InChI is InChI=1S/C17H31N5OS/c1-6-8-11-22-15(14(7-2)21(4)5)19-20-17(22)24-12(3)16(23)18-13-9-10-13/h12-14H,6-11H2,1-5H3,(H,18,23)/p+1/t12-,14-/m0/s1. The highest BCUT2D eigenvalue weighted by Crippen LogP contribution is 2.26. The molecule has 0 bridgehead atoms. The molecule has 0 unspecified atom stereocenters. The molecule has 2 atom stereocenters. The largest absolute Gasteiger partial charge is 0.352 e. The number of thioether (sulfide) groups is 1. The van der Waals surface area contributed by atoms with E-state index in [1.165, 1.54) is 16.7 Å². The van der Waals surface area contributed by atoms with Gasteiger partial charge in [-0.15, -0.1) is 10.2 Å². The first-order valence-corrected chi connectivity index (χ1v) is 10.1. The molecule has 1 amide bonds. The minimum absolute atomic E-state index is 0.111. The van der Waals surface area contributed by atoms with Crippen molar-refractivity contribution in [3.63, 3.8) is 0 Å². The fourth-order valence-corrected chi connectivity index (χ4v) is 3.67. The van der Waals surface area contributed by atoms with Gasteiger partial charge in [0.25, 0.3) is 0 Å². The molecule has 0 saturated heterocycles. The second kappa shape index (κ2) is 8.85. The van der Waals surface area contributed by atoms with Gasteiger partial charge in [0.15, 0.2) is 11.0 Å². The predicted molar refractivity (Wildman–Crippen MR) is 97.3 cm³/mol. The van der Waals surface area contributed by atoms with E-state index in [1.807, 2.05) is 6.92 Å². The third kappa shape index (κ3) is 4.96. The maximum absolute atomic E-state index is 12.2. The fourth-order valence-electron chi connectivity index (χ4n) is 2.78. The number of quaternary nitrogens is 1. The van der Waals surface area contributed by atoms with Crippen molar-refractivity contribution in [3.05, 3.63) is 5.82 Å². The molecular weight excluding hydrogens is 322 g/mol. The molecule has 1 saturated carbocycles. The molecule has 1 heterocycles. The Hall–Kier alpha value is -1.08. The van der Waals surface area contributed by atoms with Crippen LogP contribution in [0.3, 0.4) is 0 Å². The molecular formula is C17H32N5OS+. The third-order valence-corrected chi connectivity index (χ3v) is 5.55. The average Bonchev–Trinajstić information content (AvgIpc) is 3.27. The van der Waals surface area contributed by atoms with Crippen LogP contribution in [0.15, 0.2) is 5.16 Å². The van der Waals surface area contributed by atoms with Crippen molar-refractivity contribution in [3.8, 4) is 0 Å². The van der Waals surface area contributed by atoms with E-state index in [2.05, 4.69) is 48.0 Å². The Kier molecular flexibility index (Phi) is 7.10. The lowest BCUT2D eigenvalue weighted by Crippen LogP contribution is -3.06. The van der Waals surface area contributed by atoms with Gasteiger partial charge in [-0.05, 0) is 26.2 Å². The Morgan fingerprint density at radius 2 is 2.08 bits per heavy atom. The molecule has 0 aromatic carbocycles. The highest BCUT2D eigenvalue weighted by atomic mass is 32.2. The summed E-state index contributed by atoms with van der Waals surface area (Å²) in [5.74, 6) is 1.16. The molecule has 1 aliphatic carbocycles. The number of nitrogens with one attached hydrogen (secondary N) is 2. The minimum atomic E-state index is -0.144. The van der Waals surface area contributed by atoms with Gasteiger partial charge in [0.1, 0.15) is 6.04 Å². The lowest BCUT2D eigenvalue weighted by Gasteiger charge is -2.20. The van der Waals surface area contributed by atoms with E-state index in [4.69, 9.17) is 0 Å². The second-order valence-electron chi connectivity index (χ2n) is 6.93. The average molecular weight is 355 g/mol. The van der Waals surface area contributed by atoms with E-state index in [1.54, 1.807) is 0 Å². The number of aromatic nitrogens is 3. The Balaban J connectivity index is 2.14. The normalized spacial score (nSPS) is 17.1. The first-order chi connectivity index (χ1) is 11.5. The zero-order chi connectivity index (χ0) is 17.7. The van der Waals surface area contributed by atoms with Crippen LogP contribution in [0.25, 0.3) is 0 Å². The van der Waals surface area contributed by atoms with Gasteiger partial charge < -0.3 is 14.8 Å². The van der Waals surface area contributed by atoms with Crippen molar-refractivity contribution < 1.29 is 9.69 Å². The summed E-state index contributed by atoms with van der Waals surface area (Å²) in [6, 6.07) is 0.732. The Morgan fingerprint density at radius 1 is 1.38 bits per heavy atom. The molecule has 1 aromatic heterocycles. The number of hydrogen-bond donors (Lipinski definition) is 2. The van der Waals surface area contributed by atoms with E-state index in [0.717, 1.165) is 49.6 Å². The van der Waals surface area contributed by atoms with Gasteiger partial charge >= 0.3 is 0 Å². The molecule has 7 heteroatoms. The molecule has 1 aromatic rings. The van der Waals surface area contributed by atoms with Gasteiger partial charge in [-0.25, -0.2) is 0 Å². The number of carbonyl (C=O) groups is 1. The van der Waals surface area contributed by atoms with Gasteiger partial charge in [0.2, 0.25) is 5.91 Å². The number of carbonyl (C=O) groups excluding carboxylic acids is 1. The SMILES string of the molecule is CCCCn1c(S[C@@H](C)C(=O)NC2CC2)nnc1[C@H](CC)[NH+](C)C. The number of nitrogens with zero attached hydrogens (tertiary/aromatic N) is 3. The number of hydrogen-bond acceptors (Lipinski definition) is 4. The van der Waals surface area contributed by atoms with Crippen molar-refractivity contribution in [1.82, 2.24) is 20.1 Å². The number of unbranched alkanes of at least 4 members (excludes halogenated alkanes) is 1.